The summed E-state index contributed by atoms with van der Waals surface area (Å²) in [7, 11) is 3.29. The Balaban J connectivity index is 2.21. The number of hydrogen-bond donors (Lipinski definition) is 1. The lowest BCUT2D eigenvalue weighted by Gasteiger charge is -2.12. The molecule has 0 aromatic heterocycles. The first-order chi connectivity index (χ1) is 9.99. The van der Waals surface area contributed by atoms with Crippen LogP contribution in [-0.2, 0) is 0 Å². The van der Waals surface area contributed by atoms with Crippen LogP contribution in [0, 0.1) is 5.82 Å². The molecule has 2 amide bonds. The minimum Gasteiger partial charge on any atom is -0.345 e. The number of hydrogen-bond acceptors (Lipinski definition) is 2. The first kappa shape index (κ1) is 14.7. The van der Waals surface area contributed by atoms with Crippen molar-refractivity contribution < 1.29 is 14.0 Å². The Bertz CT molecular complexity index is 683. The molecule has 0 spiro atoms. The molecule has 0 aliphatic carbocycles. The molecule has 0 aliphatic heterocycles. The molecule has 0 bridgehead atoms. The van der Waals surface area contributed by atoms with Crippen molar-refractivity contribution in [3.8, 4) is 0 Å². The molecule has 1 N–H and O–H groups in total. The Hall–Kier alpha value is -2.69. The third-order valence-electron chi connectivity index (χ3n) is 2.89. The maximum absolute atomic E-state index is 13.5. The zero-order valence-electron chi connectivity index (χ0n) is 11.8. The lowest BCUT2D eigenvalue weighted by atomic mass is 10.1. The van der Waals surface area contributed by atoms with Gasteiger partial charge in [0.2, 0.25) is 0 Å². The summed E-state index contributed by atoms with van der Waals surface area (Å²) >= 11 is 0. The normalized spacial score (nSPS) is 10.0. The minimum atomic E-state index is -0.587. The van der Waals surface area contributed by atoms with E-state index in [-0.39, 0.29) is 11.5 Å². The van der Waals surface area contributed by atoms with Crippen LogP contribution in [-0.4, -0.2) is 30.8 Å². The minimum absolute atomic E-state index is 0.0400. The zero-order valence-corrected chi connectivity index (χ0v) is 11.8. The second-order valence-corrected chi connectivity index (χ2v) is 4.71. The number of nitrogens with zero attached hydrogens (tertiary/aromatic N) is 1. The van der Waals surface area contributed by atoms with E-state index in [1.165, 1.54) is 23.1 Å². The van der Waals surface area contributed by atoms with Crippen molar-refractivity contribution in [1.82, 2.24) is 4.90 Å². The van der Waals surface area contributed by atoms with Gasteiger partial charge in [0.15, 0.2) is 0 Å². The number of halogens is 1. The fraction of sp³-hybridized carbons (Fsp3) is 0.125. The molecule has 2 aromatic rings. The predicted octanol–water partition coefficient (Wildman–Crippen LogP) is 2.78. The van der Waals surface area contributed by atoms with E-state index < -0.39 is 11.7 Å². The molecular formula is C16H15FN2O2. The summed E-state index contributed by atoms with van der Waals surface area (Å²) in [6.07, 6.45) is 0. The number of rotatable bonds is 3. The third-order valence-corrected chi connectivity index (χ3v) is 2.89. The number of carbonyl (C=O) groups excluding carboxylic acids is 2. The van der Waals surface area contributed by atoms with Gasteiger partial charge in [-0.3, -0.25) is 9.59 Å². The molecule has 0 saturated carbocycles. The molecule has 108 valence electrons. The Labute approximate surface area is 122 Å². The monoisotopic (exact) mass is 286 g/mol. The van der Waals surface area contributed by atoms with Crippen LogP contribution in [0.5, 0.6) is 0 Å². The molecule has 0 radical (unpaired) electrons. The highest BCUT2D eigenvalue weighted by molar-refractivity contribution is 6.05. The van der Waals surface area contributed by atoms with Gasteiger partial charge in [-0.05, 0) is 30.3 Å². The van der Waals surface area contributed by atoms with Gasteiger partial charge in [-0.2, -0.15) is 0 Å². The van der Waals surface area contributed by atoms with Crippen LogP contribution in [0.25, 0.3) is 0 Å². The van der Waals surface area contributed by atoms with E-state index in [0.29, 0.717) is 11.3 Å². The van der Waals surface area contributed by atoms with Gasteiger partial charge in [0.05, 0.1) is 5.56 Å². The van der Waals surface area contributed by atoms with Gasteiger partial charge >= 0.3 is 0 Å². The molecule has 0 saturated heterocycles. The lowest BCUT2D eigenvalue weighted by molar-refractivity contribution is 0.0827. The third kappa shape index (κ3) is 3.45. The average molecular weight is 286 g/mol. The average Bonchev–Trinajstić information content (AvgIpc) is 2.47. The second kappa shape index (κ2) is 6.17. The van der Waals surface area contributed by atoms with Crippen molar-refractivity contribution in [2.75, 3.05) is 19.4 Å². The summed E-state index contributed by atoms with van der Waals surface area (Å²) in [4.78, 5) is 25.3. The molecule has 0 unspecified atom stereocenters. The molecule has 2 rings (SSSR count). The number of anilines is 1. The van der Waals surface area contributed by atoms with Crippen LogP contribution >= 0.6 is 0 Å². The van der Waals surface area contributed by atoms with E-state index >= 15 is 0 Å². The Morgan fingerprint density at radius 3 is 2.43 bits per heavy atom. The van der Waals surface area contributed by atoms with Crippen LogP contribution in [0.1, 0.15) is 20.7 Å². The second-order valence-electron chi connectivity index (χ2n) is 4.71. The SMILES string of the molecule is CN(C)C(=O)c1cccc(NC(=O)c2ccccc2F)c1. The predicted molar refractivity (Wildman–Crippen MR) is 78.8 cm³/mol. The van der Waals surface area contributed by atoms with E-state index in [4.69, 9.17) is 0 Å². The Kier molecular flexibility index (Phi) is 4.33. The van der Waals surface area contributed by atoms with Crippen LogP contribution in [0.2, 0.25) is 0 Å². The quantitative estimate of drug-likeness (QED) is 0.943. The van der Waals surface area contributed by atoms with Crippen molar-refractivity contribution in [2.24, 2.45) is 0 Å². The molecule has 0 atom stereocenters. The van der Waals surface area contributed by atoms with Crippen LogP contribution in [0.15, 0.2) is 48.5 Å². The van der Waals surface area contributed by atoms with Gasteiger partial charge < -0.3 is 10.2 Å². The summed E-state index contributed by atoms with van der Waals surface area (Å²) in [5.41, 5.74) is 0.851. The molecule has 0 heterocycles. The first-order valence-corrected chi connectivity index (χ1v) is 6.36. The summed E-state index contributed by atoms with van der Waals surface area (Å²) < 4.78 is 13.5. The number of benzene rings is 2. The summed E-state index contributed by atoms with van der Waals surface area (Å²) in [6, 6.07) is 12.2. The van der Waals surface area contributed by atoms with E-state index in [9.17, 15) is 14.0 Å². The number of nitrogens with one attached hydrogen (secondary N) is 1. The fourth-order valence-corrected chi connectivity index (χ4v) is 1.83. The Morgan fingerprint density at radius 1 is 1.05 bits per heavy atom. The van der Waals surface area contributed by atoms with Crippen molar-refractivity contribution in [3.05, 3.63) is 65.5 Å². The summed E-state index contributed by atoms with van der Waals surface area (Å²) in [5.74, 6) is -1.31. The van der Waals surface area contributed by atoms with E-state index in [0.717, 1.165) is 0 Å². The Morgan fingerprint density at radius 2 is 1.76 bits per heavy atom. The highest BCUT2D eigenvalue weighted by Gasteiger charge is 2.12. The summed E-state index contributed by atoms with van der Waals surface area (Å²) in [5, 5.41) is 2.58. The smallest absolute Gasteiger partial charge is 0.258 e. The van der Waals surface area contributed by atoms with Gasteiger partial charge in [-0.25, -0.2) is 4.39 Å². The maximum Gasteiger partial charge on any atom is 0.258 e. The van der Waals surface area contributed by atoms with Crippen molar-refractivity contribution in [2.45, 2.75) is 0 Å². The molecular weight excluding hydrogens is 271 g/mol. The molecule has 0 aliphatic rings. The molecule has 2 aromatic carbocycles. The van der Waals surface area contributed by atoms with E-state index in [1.54, 1.807) is 44.4 Å². The van der Waals surface area contributed by atoms with Crippen LogP contribution in [0.4, 0.5) is 10.1 Å². The molecule has 0 fully saturated rings. The maximum atomic E-state index is 13.5. The highest BCUT2D eigenvalue weighted by atomic mass is 19.1. The van der Waals surface area contributed by atoms with E-state index in [1.807, 2.05) is 0 Å². The zero-order chi connectivity index (χ0) is 15.4. The van der Waals surface area contributed by atoms with E-state index in [2.05, 4.69) is 5.32 Å². The molecule has 5 heteroatoms. The van der Waals surface area contributed by atoms with Gasteiger partial charge in [0.25, 0.3) is 11.8 Å². The first-order valence-electron chi connectivity index (χ1n) is 6.36. The van der Waals surface area contributed by atoms with Crippen molar-refractivity contribution >= 4 is 17.5 Å². The topological polar surface area (TPSA) is 49.4 Å². The number of carbonyl (C=O) groups is 2. The molecule has 4 nitrogen and oxygen atoms in total. The van der Waals surface area contributed by atoms with Crippen molar-refractivity contribution in [1.29, 1.82) is 0 Å². The highest BCUT2D eigenvalue weighted by Crippen LogP contribution is 2.14. The van der Waals surface area contributed by atoms with Gasteiger partial charge in [0, 0.05) is 25.3 Å². The van der Waals surface area contributed by atoms with Crippen LogP contribution in [0.3, 0.4) is 0 Å². The van der Waals surface area contributed by atoms with Gasteiger partial charge in [0.1, 0.15) is 5.82 Å². The van der Waals surface area contributed by atoms with Crippen LogP contribution < -0.4 is 5.32 Å². The van der Waals surface area contributed by atoms with Gasteiger partial charge in [-0.15, -0.1) is 0 Å². The standard InChI is InChI=1S/C16H15FN2O2/c1-19(2)16(21)11-6-5-7-12(10-11)18-15(20)13-8-3-4-9-14(13)17/h3-10H,1-2H3,(H,18,20). The van der Waals surface area contributed by atoms with Crippen molar-refractivity contribution in [3.63, 3.8) is 0 Å². The number of amides is 2. The van der Waals surface area contributed by atoms with Gasteiger partial charge in [-0.1, -0.05) is 18.2 Å². The summed E-state index contributed by atoms with van der Waals surface area (Å²) in [6.45, 7) is 0. The molecule has 21 heavy (non-hydrogen) atoms. The fourth-order valence-electron chi connectivity index (χ4n) is 1.83. The lowest BCUT2D eigenvalue weighted by Crippen LogP contribution is -2.22. The largest absolute Gasteiger partial charge is 0.345 e.